The average Bonchev–Trinajstić information content (AvgIpc) is 2.66. The maximum Gasteiger partial charge on any atom is 0.325 e. The number of morpholine rings is 1. The van der Waals surface area contributed by atoms with E-state index in [1.807, 2.05) is 0 Å². The van der Waals surface area contributed by atoms with Crippen molar-refractivity contribution in [2.75, 3.05) is 39.5 Å². The fourth-order valence-electron chi connectivity index (χ4n) is 2.84. The molecule has 0 bridgehead atoms. The van der Waals surface area contributed by atoms with Gasteiger partial charge in [-0.15, -0.1) is 0 Å². The van der Waals surface area contributed by atoms with Gasteiger partial charge in [-0.3, -0.25) is 9.69 Å². The van der Waals surface area contributed by atoms with Gasteiger partial charge in [0, 0.05) is 39.1 Å². The van der Waals surface area contributed by atoms with Gasteiger partial charge in [0.2, 0.25) is 0 Å². The fraction of sp³-hybridized carbons (Fsp3) is 0.833. The summed E-state index contributed by atoms with van der Waals surface area (Å²) >= 11 is 0. The van der Waals surface area contributed by atoms with Gasteiger partial charge in [0.15, 0.2) is 0 Å². The second-order valence-electron chi connectivity index (χ2n) is 5.24. The molecular weight excluding hydrogens is 250 g/mol. The predicted molar refractivity (Wildman–Crippen MR) is 65.6 cm³/mol. The Morgan fingerprint density at radius 2 is 2.05 bits per heavy atom. The molecule has 1 atom stereocenters. The molecule has 3 fully saturated rings. The van der Waals surface area contributed by atoms with Crippen molar-refractivity contribution >= 4 is 11.9 Å². The van der Waals surface area contributed by atoms with Crippen LogP contribution in [0.25, 0.3) is 0 Å². The minimum Gasteiger partial charge on any atom is -0.381 e. The van der Waals surface area contributed by atoms with E-state index in [-0.39, 0.29) is 18.0 Å². The number of amides is 3. The van der Waals surface area contributed by atoms with Crippen LogP contribution in [0, 0.1) is 0 Å². The number of ether oxygens (including phenoxy) is 2. The summed E-state index contributed by atoms with van der Waals surface area (Å²) in [4.78, 5) is 25.8. The lowest BCUT2D eigenvalue weighted by Gasteiger charge is -2.31. The van der Waals surface area contributed by atoms with E-state index in [2.05, 4.69) is 10.6 Å². The quantitative estimate of drug-likeness (QED) is 0.634. The Kier molecular flexibility index (Phi) is 3.42. The van der Waals surface area contributed by atoms with Crippen LogP contribution in [0.2, 0.25) is 0 Å². The van der Waals surface area contributed by atoms with Crippen LogP contribution >= 0.6 is 0 Å². The SMILES string of the molecule is O=C1NC2(CCOCC2)C(=O)N1CC1CNCCO1. The highest BCUT2D eigenvalue weighted by atomic mass is 16.5. The minimum atomic E-state index is -0.739. The molecule has 19 heavy (non-hydrogen) atoms. The second kappa shape index (κ2) is 5.07. The van der Waals surface area contributed by atoms with Crippen LogP contribution in [0.5, 0.6) is 0 Å². The Hall–Kier alpha value is -1.18. The third-order valence-corrected chi connectivity index (χ3v) is 3.98. The van der Waals surface area contributed by atoms with Crippen molar-refractivity contribution in [1.82, 2.24) is 15.5 Å². The zero-order valence-electron chi connectivity index (χ0n) is 10.8. The van der Waals surface area contributed by atoms with E-state index in [1.165, 1.54) is 4.90 Å². The van der Waals surface area contributed by atoms with Crippen molar-refractivity contribution in [3.05, 3.63) is 0 Å². The average molecular weight is 269 g/mol. The maximum absolute atomic E-state index is 12.5. The maximum atomic E-state index is 12.5. The van der Waals surface area contributed by atoms with E-state index < -0.39 is 5.54 Å². The van der Waals surface area contributed by atoms with Gasteiger partial charge < -0.3 is 20.1 Å². The number of hydrogen-bond acceptors (Lipinski definition) is 5. The number of nitrogens with zero attached hydrogens (tertiary/aromatic N) is 1. The molecule has 0 aromatic heterocycles. The van der Waals surface area contributed by atoms with Gasteiger partial charge in [0.25, 0.3) is 5.91 Å². The van der Waals surface area contributed by atoms with Crippen LogP contribution in [-0.2, 0) is 14.3 Å². The number of imide groups is 1. The van der Waals surface area contributed by atoms with Gasteiger partial charge in [-0.1, -0.05) is 0 Å². The number of hydrogen-bond donors (Lipinski definition) is 2. The molecule has 3 aliphatic heterocycles. The van der Waals surface area contributed by atoms with Crippen LogP contribution in [0.15, 0.2) is 0 Å². The molecule has 3 aliphatic rings. The van der Waals surface area contributed by atoms with Crippen LogP contribution in [0.3, 0.4) is 0 Å². The van der Waals surface area contributed by atoms with E-state index in [0.29, 0.717) is 45.8 Å². The number of rotatable bonds is 2. The highest BCUT2D eigenvalue weighted by Gasteiger charge is 2.52. The normalized spacial score (nSPS) is 30.7. The molecule has 106 valence electrons. The van der Waals surface area contributed by atoms with E-state index in [0.717, 1.165) is 6.54 Å². The highest BCUT2D eigenvalue weighted by Crippen LogP contribution is 2.28. The second-order valence-corrected chi connectivity index (χ2v) is 5.24. The number of urea groups is 1. The van der Waals surface area contributed by atoms with E-state index >= 15 is 0 Å². The van der Waals surface area contributed by atoms with Crippen LogP contribution in [-0.4, -0.2) is 67.9 Å². The standard InChI is InChI=1S/C12H19N3O4/c16-10-12(1-4-18-5-2-12)14-11(17)15(10)8-9-7-13-3-6-19-9/h9,13H,1-8H2,(H,14,17). The molecule has 0 radical (unpaired) electrons. The zero-order chi connectivity index (χ0) is 13.3. The first-order valence-electron chi connectivity index (χ1n) is 6.75. The molecule has 3 saturated heterocycles. The lowest BCUT2D eigenvalue weighted by Crippen LogP contribution is -2.52. The van der Waals surface area contributed by atoms with Crippen molar-refractivity contribution in [2.24, 2.45) is 0 Å². The largest absolute Gasteiger partial charge is 0.381 e. The van der Waals surface area contributed by atoms with Crippen LogP contribution in [0.4, 0.5) is 4.79 Å². The van der Waals surface area contributed by atoms with Gasteiger partial charge >= 0.3 is 6.03 Å². The third kappa shape index (κ3) is 2.33. The number of carbonyl (C=O) groups is 2. The summed E-state index contributed by atoms with van der Waals surface area (Å²) in [5.74, 6) is -0.130. The fourth-order valence-corrected chi connectivity index (χ4v) is 2.84. The molecular formula is C12H19N3O4. The van der Waals surface area contributed by atoms with Gasteiger partial charge in [-0.05, 0) is 0 Å². The Bertz CT molecular complexity index is 375. The summed E-state index contributed by atoms with van der Waals surface area (Å²) in [5.41, 5.74) is -0.739. The van der Waals surface area contributed by atoms with E-state index in [9.17, 15) is 9.59 Å². The molecule has 7 heteroatoms. The Balaban J connectivity index is 1.68. The topological polar surface area (TPSA) is 79.9 Å². The molecule has 1 unspecified atom stereocenters. The third-order valence-electron chi connectivity index (χ3n) is 3.98. The minimum absolute atomic E-state index is 0.113. The molecule has 0 aliphatic carbocycles. The smallest absolute Gasteiger partial charge is 0.325 e. The molecule has 0 aromatic rings. The van der Waals surface area contributed by atoms with Crippen molar-refractivity contribution < 1.29 is 19.1 Å². The molecule has 0 saturated carbocycles. The van der Waals surface area contributed by atoms with E-state index in [1.54, 1.807) is 0 Å². The lowest BCUT2D eigenvalue weighted by molar-refractivity contribution is -0.136. The predicted octanol–water partition coefficient (Wildman–Crippen LogP) is -0.924. The summed E-state index contributed by atoms with van der Waals surface area (Å²) in [7, 11) is 0. The van der Waals surface area contributed by atoms with E-state index in [4.69, 9.17) is 9.47 Å². The van der Waals surface area contributed by atoms with Crippen molar-refractivity contribution in [1.29, 1.82) is 0 Å². The molecule has 0 aromatic carbocycles. The molecule has 3 amide bonds. The first-order valence-corrected chi connectivity index (χ1v) is 6.75. The molecule has 3 rings (SSSR count). The summed E-state index contributed by atoms with van der Waals surface area (Å²) < 4.78 is 10.8. The van der Waals surface area contributed by atoms with Gasteiger partial charge in [-0.25, -0.2) is 4.79 Å². The first kappa shape index (κ1) is 12.8. The summed E-state index contributed by atoms with van der Waals surface area (Å²) in [5, 5.41) is 6.03. The first-order chi connectivity index (χ1) is 9.21. The van der Waals surface area contributed by atoms with Gasteiger partial charge in [-0.2, -0.15) is 0 Å². The van der Waals surface area contributed by atoms with Crippen molar-refractivity contribution in [3.63, 3.8) is 0 Å². The van der Waals surface area contributed by atoms with Crippen LogP contribution < -0.4 is 10.6 Å². The Morgan fingerprint density at radius 1 is 1.26 bits per heavy atom. The van der Waals surface area contributed by atoms with Gasteiger partial charge in [0.1, 0.15) is 5.54 Å². The van der Waals surface area contributed by atoms with Gasteiger partial charge in [0.05, 0.1) is 19.3 Å². The number of nitrogens with one attached hydrogen (secondary N) is 2. The van der Waals surface area contributed by atoms with Crippen LogP contribution in [0.1, 0.15) is 12.8 Å². The zero-order valence-corrected chi connectivity index (χ0v) is 10.8. The monoisotopic (exact) mass is 269 g/mol. The lowest BCUT2D eigenvalue weighted by atomic mass is 9.90. The Labute approximate surface area is 111 Å². The summed E-state index contributed by atoms with van der Waals surface area (Å²) in [6.45, 7) is 3.46. The molecule has 7 nitrogen and oxygen atoms in total. The summed E-state index contributed by atoms with van der Waals surface area (Å²) in [6.07, 6.45) is 0.994. The molecule has 1 spiro atoms. The summed E-state index contributed by atoms with van der Waals surface area (Å²) in [6, 6.07) is -0.305. The number of carbonyl (C=O) groups excluding carboxylic acids is 2. The molecule has 3 heterocycles. The van der Waals surface area contributed by atoms with Crippen molar-refractivity contribution in [3.8, 4) is 0 Å². The van der Waals surface area contributed by atoms with Crippen molar-refractivity contribution in [2.45, 2.75) is 24.5 Å². The Morgan fingerprint density at radius 3 is 2.74 bits per heavy atom. The molecule has 2 N–H and O–H groups in total. The highest BCUT2D eigenvalue weighted by molar-refractivity contribution is 6.07.